The molecule has 3 heterocycles. The third-order valence-electron chi connectivity index (χ3n) is 8.60. The minimum absolute atomic E-state index is 0.161. The third kappa shape index (κ3) is 6.74. The van der Waals surface area contributed by atoms with Gasteiger partial charge in [0.05, 0.1) is 11.4 Å². The van der Waals surface area contributed by atoms with Crippen LogP contribution in [0.25, 0.3) is 11.3 Å². The molecule has 38 heavy (non-hydrogen) atoms. The number of para-hydroxylation sites is 1. The number of benzene rings is 1. The normalized spacial score (nSPS) is 19.5. The van der Waals surface area contributed by atoms with Crippen LogP contribution >= 0.6 is 0 Å². The summed E-state index contributed by atoms with van der Waals surface area (Å²) in [6.07, 6.45) is 8.67. The molecule has 9 heteroatoms. The van der Waals surface area contributed by atoms with Gasteiger partial charge in [-0.2, -0.15) is 0 Å². The predicted octanol–water partition coefficient (Wildman–Crippen LogP) is 3.06. The topological polar surface area (TPSA) is 102 Å². The lowest BCUT2D eigenvalue weighted by molar-refractivity contribution is -0.131. The first-order chi connectivity index (χ1) is 18.6. The van der Waals surface area contributed by atoms with Gasteiger partial charge < -0.3 is 30.4 Å². The first-order valence-corrected chi connectivity index (χ1v) is 14.5. The van der Waals surface area contributed by atoms with Crippen molar-refractivity contribution in [2.24, 2.45) is 5.92 Å². The van der Waals surface area contributed by atoms with Gasteiger partial charge in [-0.1, -0.05) is 31.4 Å². The van der Waals surface area contributed by atoms with Gasteiger partial charge in [0.2, 0.25) is 5.91 Å². The lowest BCUT2D eigenvalue weighted by Crippen LogP contribution is -2.49. The summed E-state index contributed by atoms with van der Waals surface area (Å²) >= 11 is 0. The van der Waals surface area contributed by atoms with Crippen molar-refractivity contribution in [3.63, 3.8) is 0 Å². The van der Waals surface area contributed by atoms with Crippen LogP contribution in [0.2, 0.25) is 0 Å². The molecule has 0 bridgehead atoms. The summed E-state index contributed by atoms with van der Waals surface area (Å²) in [6.45, 7) is 9.59. The second-order valence-corrected chi connectivity index (χ2v) is 11.1. The molecule has 3 N–H and O–H groups in total. The Hall–Kier alpha value is -2.91. The molecule has 3 fully saturated rings. The Bertz CT molecular complexity index is 1060. The SMILES string of the molecule is Nc1nnc(-c2ccccc2O)cc1N1CCN(C(=O)CCCN2CCN(CCCC3CCC3)CC2)CC1. The molecule has 5 rings (SSSR count). The Morgan fingerprint density at radius 2 is 1.61 bits per heavy atom. The summed E-state index contributed by atoms with van der Waals surface area (Å²) in [6, 6.07) is 8.96. The molecule has 2 saturated heterocycles. The molecular weight excluding hydrogens is 478 g/mol. The highest BCUT2D eigenvalue weighted by molar-refractivity contribution is 5.77. The van der Waals surface area contributed by atoms with Crippen LogP contribution in [0.5, 0.6) is 5.75 Å². The number of piperazine rings is 2. The van der Waals surface area contributed by atoms with E-state index in [1.807, 2.05) is 23.1 Å². The largest absolute Gasteiger partial charge is 0.507 e. The van der Waals surface area contributed by atoms with E-state index >= 15 is 0 Å². The van der Waals surface area contributed by atoms with Crippen LogP contribution in [0.3, 0.4) is 0 Å². The van der Waals surface area contributed by atoms with Gasteiger partial charge in [-0.15, -0.1) is 10.2 Å². The number of rotatable bonds is 10. The number of aromatic hydroxyl groups is 1. The van der Waals surface area contributed by atoms with Crippen LogP contribution in [-0.2, 0) is 4.79 Å². The molecule has 2 aliphatic heterocycles. The zero-order chi connectivity index (χ0) is 26.3. The molecule has 1 aromatic carbocycles. The summed E-state index contributed by atoms with van der Waals surface area (Å²) in [7, 11) is 0. The first-order valence-electron chi connectivity index (χ1n) is 14.5. The molecule has 206 valence electrons. The summed E-state index contributed by atoms with van der Waals surface area (Å²) in [5, 5.41) is 18.5. The van der Waals surface area contributed by atoms with Crippen LogP contribution in [0, 0.1) is 5.92 Å². The zero-order valence-electron chi connectivity index (χ0n) is 22.6. The molecule has 1 aromatic heterocycles. The summed E-state index contributed by atoms with van der Waals surface area (Å²) in [5.41, 5.74) is 8.16. The van der Waals surface area contributed by atoms with E-state index in [0.717, 1.165) is 37.7 Å². The van der Waals surface area contributed by atoms with Crippen molar-refractivity contribution in [1.29, 1.82) is 0 Å². The van der Waals surface area contributed by atoms with Crippen molar-refractivity contribution in [3.05, 3.63) is 30.3 Å². The first kappa shape index (κ1) is 26.7. The number of carbonyl (C=O) groups is 1. The standard InChI is InChI=1S/C29H43N7O2/c30-29-26(22-25(31-32-29)24-9-1-2-10-27(24)37)35-18-20-36(21-19-35)28(38)11-5-13-34-16-14-33(15-17-34)12-4-8-23-6-3-7-23/h1-2,9-10,22-23,37H,3-8,11-21H2,(H2,30,32). The van der Waals surface area contributed by atoms with E-state index in [-0.39, 0.29) is 11.7 Å². The van der Waals surface area contributed by atoms with Gasteiger partial charge in [0.1, 0.15) is 5.75 Å². The summed E-state index contributed by atoms with van der Waals surface area (Å²) in [4.78, 5) is 22.2. The second-order valence-electron chi connectivity index (χ2n) is 11.1. The van der Waals surface area contributed by atoms with E-state index in [4.69, 9.17) is 5.73 Å². The van der Waals surface area contributed by atoms with Crippen molar-refractivity contribution < 1.29 is 9.90 Å². The lowest BCUT2D eigenvalue weighted by atomic mass is 9.82. The smallest absolute Gasteiger partial charge is 0.222 e. The Labute approximate surface area is 226 Å². The van der Waals surface area contributed by atoms with Crippen molar-refractivity contribution in [3.8, 4) is 17.0 Å². The number of phenols is 1. The van der Waals surface area contributed by atoms with Crippen molar-refractivity contribution >= 4 is 17.4 Å². The lowest BCUT2D eigenvalue weighted by Gasteiger charge is -2.37. The number of nitrogens with two attached hydrogens (primary N) is 1. The Kier molecular flexibility index (Phi) is 8.96. The van der Waals surface area contributed by atoms with Gasteiger partial charge in [0.15, 0.2) is 5.82 Å². The van der Waals surface area contributed by atoms with Gasteiger partial charge in [-0.05, 0) is 56.5 Å². The quantitative estimate of drug-likeness (QED) is 0.492. The Morgan fingerprint density at radius 3 is 2.26 bits per heavy atom. The van der Waals surface area contributed by atoms with Crippen molar-refractivity contribution in [1.82, 2.24) is 24.9 Å². The van der Waals surface area contributed by atoms with E-state index in [1.165, 1.54) is 51.7 Å². The number of nitrogen functional groups attached to an aromatic ring is 1. The molecule has 1 aliphatic carbocycles. The summed E-state index contributed by atoms with van der Waals surface area (Å²) < 4.78 is 0. The van der Waals surface area contributed by atoms with E-state index < -0.39 is 0 Å². The van der Waals surface area contributed by atoms with E-state index in [0.29, 0.717) is 49.7 Å². The zero-order valence-corrected chi connectivity index (χ0v) is 22.6. The minimum Gasteiger partial charge on any atom is -0.507 e. The highest BCUT2D eigenvalue weighted by Gasteiger charge is 2.24. The number of amides is 1. The maximum atomic E-state index is 12.9. The van der Waals surface area contributed by atoms with Crippen LogP contribution < -0.4 is 10.6 Å². The van der Waals surface area contributed by atoms with Gasteiger partial charge in [-0.25, -0.2) is 0 Å². The number of hydrogen-bond donors (Lipinski definition) is 2. The average Bonchev–Trinajstić information content (AvgIpc) is 2.92. The molecule has 0 unspecified atom stereocenters. The van der Waals surface area contributed by atoms with Gasteiger partial charge in [-0.3, -0.25) is 4.79 Å². The highest BCUT2D eigenvalue weighted by atomic mass is 16.3. The molecule has 1 saturated carbocycles. The maximum absolute atomic E-state index is 12.9. The van der Waals surface area contributed by atoms with Crippen LogP contribution in [0.1, 0.15) is 44.9 Å². The Balaban J connectivity index is 1.01. The maximum Gasteiger partial charge on any atom is 0.222 e. The van der Waals surface area contributed by atoms with Gasteiger partial charge >= 0.3 is 0 Å². The molecular formula is C29H43N7O2. The van der Waals surface area contributed by atoms with Crippen molar-refractivity contribution in [2.75, 3.05) is 76.1 Å². The molecule has 0 radical (unpaired) electrons. The highest BCUT2D eigenvalue weighted by Crippen LogP contribution is 2.32. The number of anilines is 2. The van der Waals surface area contributed by atoms with Crippen LogP contribution in [0.4, 0.5) is 11.5 Å². The molecule has 2 aromatic rings. The predicted molar refractivity (Wildman–Crippen MR) is 151 cm³/mol. The molecule has 1 amide bonds. The fourth-order valence-corrected chi connectivity index (χ4v) is 5.90. The van der Waals surface area contributed by atoms with E-state index in [9.17, 15) is 9.90 Å². The van der Waals surface area contributed by atoms with E-state index in [2.05, 4.69) is 24.9 Å². The van der Waals surface area contributed by atoms with Crippen LogP contribution in [-0.4, -0.2) is 101 Å². The number of hydrogen-bond acceptors (Lipinski definition) is 8. The van der Waals surface area contributed by atoms with Crippen molar-refractivity contribution in [2.45, 2.75) is 44.9 Å². The fourth-order valence-electron chi connectivity index (χ4n) is 5.90. The molecule has 3 aliphatic rings. The third-order valence-corrected chi connectivity index (χ3v) is 8.60. The Morgan fingerprint density at radius 1 is 0.921 bits per heavy atom. The monoisotopic (exact) mass is 521 g/mol. The molecule has 0 atom stereocenters. The van der Waals surface area contributed by atoms with Crippen LogP contribution in [0.15, 0.2) is 30.3 Å². The number of aromatic nitrogens is 2. The average molecular weight is 522 g/mol. The number of carbonyl (C=O) groups excluding carboxylic acids is 1. The number of phenolic OH excluding ortho intramolecular Hbond substituents is 1. The fraction of sp³-hybridized carbons (Fsp3) is 0.621. The summed E-state index contributed by atoms with van der Waals surface area (Å²) in [5.74, 6) is 1.79. The van der Waals surface area contributed by atoms with Gasteiger partial charge in [0.25, 0.3) is 0 Å². The number of nitrogens with zero attached hydrogens (tertiary/aromatic N) is 6. The molecule has 0 spiro atoms. The van der Waals surface area contributed by atoms with Gasteiger partial charge in [0, 0.05) is 64.3 Å². The molecule has 9 nitrogen and oxygen atoms in total. The van der Waals surface area contributed by atoms with E-state index in [1.54, 1.807) is 12.1 Å². The second kappa shape index (κ2) is 12.8. The minimum atomic E-state index is 0.161.